The maximum atomic E-state index is 5.67. The van der Waals surface area contributed by atoms with Crippen LogP contribution in [0.1, 0.15) is 22.6 Å². The van der Waals surface area contributed by atoms with Crippen LogP contribution in [0.25, 0.3) is 0 Å². The molecule has 0 spiro atoms. The highest BCUT2D eigenvalue weighted by molar-refractivity contribution is 5.27. The van der Waals surface area contributed by atoms with Gasteiger partial charge in [0.05, 0.1) is 5.69 Å². The summed E-state index contributed by atoms with van der Waals surface area (Å²) >= 11 is 0. The molecule has 0 saturated heterocycles. The summed E-state index contributed by atoms with van der Waals surface area (Å²) in [5.74, 6) is 1.80. The molecule has 0 aliphatic heterocycles. The first kappa shape index (κ1) is 13.6. The Morgan fingerprint density at radius 2 is 2.11 bits per heavy atom. The molecule has 0 radical (unpaired) electrons. The van der Waals surface area contributed by atoms with Crippen molar-refractivity contribution < 1.29 is 9.26 Å². The van der Waals surface area contributed by atoms with E-state index in [2.05, 4.69) is 23.5 Å². The van der Waals surface area contributed by atoms with E-state index in [1.54, 1.807) is 0 Å². The van der Waals surface area contributed by atoms with Gasteiger partial charge in [0.1, 0.15) is 18.1 Å². The lowest BCUT2D eigenvalue weighted by atomic mass is 10.2. The average molecular weight is 260 g/mol. The predicted octanol–water partition coefficient (Wildman–Crippen LogP) is 2.77. The Kier molecular flexibility index (Phi) is 4.58. The summed E-state index contributed by atoms with van der Waals surface area (Å²) in [6.45, 7) is 8.14. The van der Waals surface area contributed by atoms with Gasteiger partial charge < -0.3 is 14.6 Å². The van der Waals surface area contributed by atoms with E-state index in [1.165, 1.54) is 5.56 Å². The fraction of sp³-hybridized carbons (Fsp3) is 0.400. The van der Waals surface area contributed by atoms with Gasteiger partial charge in [-0.2, -0.15) is 0 Å². The average Bonchev–Trinajstić information content (AvgIpc) is 2.70. The van der Waals surface area contributed by atoms with Crippen molar-refractivity contribution in [2.75, 3.05) is 13.2 Å². The molecule has 1 N–H and O–H groups in total. The highest BCUT2D eigenvalue weighted by Gasteiger charge is 2.07. The van der Waals surface area contributed by atoms with Crippen molar-refractivity contribution in [1.82, 2.24) is 10.5 Å². The first-order valence-electron chi connectivity index (χ1n) is 6.49. The lowest BCUT2D eigenvalue weighted by Crippen LogP contribution is -2.21. The molecule has 4 nitrogen and oxygen atoms in total. The van der Waals surface area contributed by atoms with Crippen molar-refractivity contribution in [3.63, 3.8) is 0 Å². The second-order valence-corrected chi connectivity index (χ2v) is 4.64. The zero-order valence-electron chi connectivity index (χ0n) is 11.7. The fourth-order valence-electron chi connectivity index (χ4n) is 1.91. The smallest absolute Gasteiger partial charge is 0.138 e. The standard InChI is InChI=1S/C15H20N2O2/c1-11-5-4-6-14(9-11)18-8-7-16-10-15-12(2)17-19-13(15)3/h4-6,9,16H,7-8,10H2,1-3H3. The van der Waals surface area contributed by atoms with Crippen LogP contribution in [0, 0.1) is 20.8 Å². The van der Waals surface area contributed by atoms with Gasteiger partial charge in [-0.15, -0.1) is 0 Å². The summed E-state index contributed by atoms with van der Waals surface area (Å²) in [6, 6.07) is 8.07. The largest absolute Gasteiger partial charge is 0.492 e. The van der Waals surface area contributed by atoms with Gasteiger partial charge >= 0.3 is 0 Å². The van der Waals surface area contributed by atoms with Crippen LogP contribution in [0.5, 0.6) is 5.75 Å². The van der Waals surface area contributed by atoms with Gasteiger partial charge in [0, 0.05) is 18.7 Å². The van der Waals surface area contributed by atoms with E-state index in [4.69, 9.17) is 9.26 Å². The Morgan fingerprint density at radius 1 is 1.26 bits per heavy atom. The van der Waals surface area contributed by atoms with E-state index >= 15 is 0 Å². The Hall–Kier alpha value is -1.81. The molecule has 4 heteroatoms. The zero-order chi connectivity index (χ0) is 13.7. The molecule has 1 aromatic heterocycles. The van der Waals surface area contributed by atoms with Crippen LogP contribution in [-0.4, -0.2) is 18.3 Å². The second kappa shape index (κ2) is 6.38. The van der Waals surface area contributed by atoms with Gasteiger partial charge in [0.25, 0.3) is 0 Å². The van der Waals surface area contributed by atoms with Crippen LogP contribution in [0.2, 0.25) is 0 Å². The minimum atomic E-state index is 0.646. The lowest BCUT2D eigenvalue weighted by Gasteiger charge is -2.08. The molecule has 0 unspecified atom stereocenters. The van der Waals surface area contributed by atoms with E-state index in [9.17, 15) is 0 Å². The van der Waals surface area contributed by atoms with Crippen LogP contribution < -0.4 is 10.1 Å². The van der Waals surface area contributed by atoms with Crippen molar-refractivity contribution >= 4 is 0 Å². The molecule has 2 aromatic rings. The first-order valence-corrected chi connectivity index (χ1v) is 6.49. The molecule has 0 saturated carbocycles. The van der Waals surface area contributed by atoms with E-state index in [0.29, 0.717) is 6.61 Å². The van der Waals surface area contributed by atoms with E-state index in [-0.39, 0.29) is 0 Å². The highest BCUT2D eigenvalue weighted by Crippen LogP contribution is 2.12. The van der Waals surface area contributed by atoms with Crippen LogP contribution in [0.3, 0.4) is 0 Å². The van der Waals surface area contributed by atoms with Gasteiger partial charge in [-0.25, -0.2) is 0 Å². The normalized spacial score (nSPS) is 10.7. The number of hydrogen-bond acceptors (Lipinski definition) is 4. The van der Waals surface area contributed by atoms with Gasteiger partial charge in [-0.05, 0) is 38.5 Å². The van der Waals surface area contributed by atoms with Crippen molar-refractivity contribution in [1.29, 1.82) is 0 Å². The first-order chi connectivity index (χ1) is 9.16. The summed E-state index contributed by atoms with van der Waals surface area (Å²) in [6.07, 6.45) is 0. The Balaban J connectivity index is 1.70. The topological polar surface area (TPSA) is 47.3 Å². The molecule has 0 fully saturated rings. The monoisotopic (exact) mass is 260 g/mol. The molecule has 1 heterocycles. The Bertz CT molecular complexity index is 515. The van der Waals surface area contributed by atoms with Crippen molar-refractivity contribution in [3.8, 4) is 5.75 Å². The van der Waals surface area contributed by atoms with Gasteiger partial charge in [0.15, 0.2) is 0 Å². The number of aryl methyl sites for hydroxylation is 3. The summed E-state index contributed by atoms with van der Waals surface area (Å²) in [7, 11) is 0. The van der Waals surface area contributed by atoms with Crippen molar-refractivity contribution in [2.45, 2.75) is 27.3 Å². The molecule has 0 aliphatic rings. The number of nitrogens with zero attached hydrogens (tertiary/aromatic N) is 1. The Morgan fingerprint density at radius 3 is 2.79 bits per heavy atom. The van der Waals surface area contributed by atoms with E-state index in [1.807, 2.05) is 32.0 Å². The summed E-state index contributed by atoms with van der Waals surface area (Å²) in [5, 5.41) is 7.26. The molecule has 1 aromatic carbocycles. The summed E-state index contributed by atoms with van der Waals surface area (Å²) in [5.41, 5.74) is 3.29. The maximum Gasteiger partial charge on any atom is 0.138 e. The van der Waals surface area contributed by atoms with Crippen LogP contribution in [-0.2, 0) is 6.54 Å². The van der Waals surface area contributed by atoms with E-state index in [0.717, 1.165) is 35.9 Å². The lowest BCUT2D eigenvalue weighted by molar-refractivity contribution is 0.313. The van der Waals surface area contributed by atoms with Gasteiger partial charge in [-0.1, -0.05) is 17.3 Å². The number of ether oxygens (including phenoxy) is 1. The summed E-state index contributed by atoms with van der Waals surface area (Å²) in [4.78, 5) is 0. The second-order valence-electron chi connectivity index (χ2n) is 4.64. The quantitative estimate of drug-likeness (QED) is 0.811. The molecular formula is C15H20N2O2. The third-order valence-corrected chi connectivity index (χ3v) is 3.02. The van der Waals surface area contributed by atoms with Crippen molar-refractivity contribution in [2.24, 2.45) is 0 Å². The SMILES string of the molecule is Cc1cccc(OCCNCc2c(C)noc2C)c1. The molecule has 19 heavy (non-hydrogen) atoms. The molecule has 0 atom stereocenters. The molecule has 102 valence electrons. The molecule has 0 amide bonds. The molecular weight excluding hydrogens is 240 g/mol. The van der Waals surface area contributed by atoms with Crippen molar-refractivity contribution in [3.05, 3.63) is 46.8 Å². The van der Waals surface area contributed by atoms with Crippen LogP contribution >= 0.6 is 0 Å². The Labute approximate surface area is 113 Å². The minimum Gasteiger partial charge on any atom is -0.492 e. The van der Waals surface area contributed by atoms with Gasteiger partial charge in [-0.3, -0.25) is 0 Å². The third kappa shape index (κ3) is 3.83. The van der Waals surface area contributed by atoms with Gasteiger partial charge in [0.2, 0.25) is 0 Å². The number of hydrogen-bond donors (Lipinski definition) is 1. The zero-order valence-corrected chi connectivity index (χ0v) is 11.7. The number of rotatable bonds is 6. The molecule has 0 aliphatic carbocycles. The third-order valence-electron chi connectivity index (χ3n) is 3.02. The fourth-order valence-corrected chi connectivity index (χ4v) is 1.91. The van der Waals surface area contributed by atoms with Crippen LogP contribution in [0.15, 0.2) is 28.8 Å². The molecule has 2 rings (SSSR count). The molecule has 0 bridgehead atoms. The number of aromatic nitrogens is 1. The van der Waals surface area contributed by atoms with Crippen LogP contribution in [0.4, 0.5) is 0 Å². The van der Waals surface area contributed by atoms with E-state index < -0.39 is 0 Å². The maximum absolute atomic E-state index is 5.67. The number of benzene rings is 1. The highest BCUT2D eigenvalue weighted by atomic mass is 16.5. The number of nitrogens with one attached hydrogen (secondary N) is 1. The minimum absolute atomic E-state index is 0.646. The summed E-state index contributed by atoms with van der Waals surface area (Å²) < 4.78 is 10.8. The predicted molar refractivity (Wildman–Crippen MR) is 74.4 cm³/mol.